The van der Waals surface area contributed by atoms with Crippen molar-refractivity contribution in [2.45, 2.75) is 0 Å². The molecule has 0 fully saturated rings. The second-order valence-corrected chi connectivity index (χ2v) is 10.1. The second kappa shape index (κ2) is 8.34. The van der Waals surface area contributed by atoms with Gasteiger partial charge >= 0.3 is 12.1 Å². The molecule has 2 heterocycles. The maximum Gasteiger partial charge on any atom is 0.412 e. The standard InChI is InChI=1S/C22H17FN2O6S2/c1-25(33(2,28)29)16-11-17-15(10-14(16)18-4-3-9-32-18)19(21(26)31-22(24)27)20(30-17)12-5-7-13(23)8-6-12/h3-11H,1-2H3,(H2,24,27). The number of esters is 1. The van der Waals surface area contributed by atoms with Crippen LogP contribution in [0.5, 0.6) is 0 Å². The Balaban J connectivity index is 2.06. The number of amides is 1. The number of nitrogens with zero attached hydrogens (tertiary/aromatic N) is 1. The molecule has 0 aliphatic heterocycles. The molecule has 2 aromatic heterocycles. The predicted octanol–water partition coefficient (Wildman–Crippen LogP) is 4.60. The Morgan fingerprint density at radius 3 is 2.42 bits per heavy atom. The van der Waals surface area contributed by atoms with Crippen LogP contribution in [0.15, 0.2) is 58.3 Å². The van der Waals surface area contributed by atoms with Crippen LogP contribution in [0.4, 0.5) is 14.9 Å². The number of hydrogen-bond donors (Lipinski definition) is 1. The number of rotatable bonds is 5. The highest BCUT2D eigenvalue weighted by Gasteiger charge is 2.28. The molecule has 4 aromatic rings. The van der Waals surface area contributed by atoms with E-state index < -0.39 is 27.9 Å². The van der Waals surface area contributed by atoms with Gasteiger partial charge < -0.3 is 14.9 Å². The molecule has 8 nitrogen and oxygen atoms in total. The van der Waals surface area contributed by atoms with Crippen molar-refractivity contribution in [3.05, 3.63) is 65.3 Å². The number of anilines is 1. The largest absolute Gasteiger partial charge is 0.455 e. The van der Waals surface area contributed by atoms with E-state index in [1.165, 1.54) is 48.7 Å². The van der Waals surface area contributed by atoms with Crippen molar-refractivity contribution in [1.29, 1.82) is 0 Å². The SMILES string of the molecule is CN(c1cc2oc(-c3ccc(F)cc3)c(C(=O)OC(N)=O)c2cc1-c1cccs1)S(C)(=O)=O. The zero-order valence-electron chi connectivity index (χ0n) is 17.4. The molecule has 33 heavy (non-hydrogen) atoms. The molecule has 11 heteroatoms. The number of furan rings is 1. The number of sulfonamides is 1. The third-order valence-corrected chi connectivity index (χ3v) is 7.03. The second-order valence-electron chi connectivity index (χ2n) is 7.09. The summed E-state index contributed by atoms with van der Waals surface area (Å²) in [6.45, 7) is 0. The first-order valence-corrected chi connectivity index (χ1v) is 12.1. The molecule has 0 aliphatic carbocycles. The number of carbonyl (C=O) groups excluding carboxylic acids is 2. The Morgan fingerprint density at radius 1 is 1.15 bits per heavy atom. The van der Waals surface area contributed by atoms with Gasteiger partial charge in [0.1, 0.15) is 22.7 Å². The van der Waals surface area contributed by atoms with Gasteiger partial charge in [0.25, 0.3) is 0 Å². The van der Waals surface area contributed by atoms with Gasteiger partial charge in [-0.1, -0.05) is 6.07 Å². The lowest BCUT2D eigenvalue weighted by molar-refractivity contribution is 0.0640. The minimum atomic E-state index is -3.63. The summed E-state index contributed by atoms with van der Waals surface area (Å²) >= 11 is 1.37. The lowest BCUT2D eigenvalue weighted by Crippen LogP contribution is -2.25. The zero-order valence-corrected chi connectivity index (χ0v) is 19.0. The summed E-state index contributed by atoms with van der Waals surface area (Å²) in [5, 5.41) is 2.10. The third-order valence-electron chi connectivity index (χ3n) is 4.93. The number of hydrogen-bond acceptors (Lipinski definition) is 7. The Labute approximate surface area is 192 Å². The van der Waals surface area contributed by atoms with Crippen LogP contribution in [0.1, 0.15) is 10.4 Å². The highest BCUT2D eigenvalue weighted by atomic mass is 32.2. The van der Waals surface area contributed by atoms with Crippen LogP contribution < -0.4 is 10.0 Å². The molecule has 2 N–H and O–H groups in total. The number of nitrogens with two attached hydrogens (primary N) is 1. The molecule has 0 atom stereocenters. The van der Waals surface area contributed by atoms with Gasteiger partial charge in [0.15, 0.2) is 0 Å². The topological polar surface area (TPSA) is 120 Å². The molecule has 0 aliphatic rings. The van der Waals surface area contributed by atoms with Crippen molar-refractivity contribution in [2.75, 3.05) is 17.6 Å². The molecule has 0 saturated heterocycles. The van der Waals surface area contributed by atoms with Crippen LogP contribution in [0.25, 0.3) is 32.7 Å². The zero-order chi connectivity index (χ0) is 23.9. The van der Waals surface area contributed by atoms with E-state index in [2.05, 4.69) is 4.74 Å². The van der Waals surface area contributed by atoms with E-state index in [4.69, 9.17) is 10.2 Å². The Kier molecular flexibility index (Phi) is 5.68. The molecule has 1 amide bonds. The summed E-state index contributed by atoms with van der Waals surface area (Å²) in [6.07, 6.45) is -0.233. The first-order valence-electron chi connectivity index (χ1n) is 9.42. The van der Waals surface area contributed by atoms with E-state index in [1.54, 1.807) is 18.2 Å². The van der Waals surface area contributed by atoms with E-state index in [-0.39, 0.29) is 22.3 Å². The van der Waals surface area contributed by atoms with Gasteiger partial charge in [0.2, 0.25) is 10.0 Å². The van der Waals surface area contributed by atoms with Gasteiger partial charge in [-0.15, -0.1) is 11.3 Å². The predicted molar refractivity (Wildman–Crippen MR) is 123 cm³/mol. The fourth-order valence-corrected chi connectivity index (χ4v) is 4.61. The number of ether oxygens (including phenoxy) is 1. The summed E-state index contributed by atoms with van der Waals surface area (Å²) in [5.41, 5.74) is 6.29. The number of benzene rings is 2. The van der Waals surface area contributed by atoms with Crippen LogP contribution in [0.2, 0.25) is 0 Å². The van der Waals surface area contributed by atoms with Crippen molar-refractivity contribution in [3.63, 3.8) is 0 Å². The maximum atomic E-state index is 13.5. The molecule has 2 aromatic carbocycles. The highest BCUT2D eigenvalue weighted by Crippen LogP contribution is 2.42. The number of primary amides is 1. The van der Waals surface area contributed by atoms with E-state index in [1.807, 2.05) is 5.38 Å². The number of fused-ring (bicyclic) bond motifs is 1. The molecular weight excluding hydrogens is 471 g/mol. The van der Waals surface area contributed by atoms with Crippen molar-refractivity contribution in [3.8, 4) is 21.8 Å². The summed E-state index contributed by atoms with van der Waals surface area (Å²) in [6, 6.07) is 11.8. The number of thiophene rings is 1. The van der Waals surface area contributed by atoms with Crippen LogP contribution in [-0.4, -0.2) is 33.8 Å². The maximum absolute atomic E-state index is 13.5. The van der Waals surface area contributed by atoms with Gasteiger partial charge in [-0.2, -0.15) is 0 Å². The first-order chi connectivity index (χ1) is 15.6. The smallest absolute Gasteiger partial charge is 0.412 e. The number of halogens is 1. The van der Waals surface area contributed by atoms with Gasteiger partial charge in [0.05, 0.1) is 11.9 Å². The van der Waals surface area contributed by atoms with Crippen LogP contribution in [0.3, 0.4) is 0 Å². The molecule has 0 bridgehead atoms. The molecule has 0 unspecified atom stereocenters. The molecule has 4 rings (SSSR count). The lowest BCUT2D eigenvalue weighted by Gasteiger charge is -2.20. The first kappa shape index (κ1) is 22.5. The third kappa shape index (κ3) is 4.32. The van der Waals surface area contributed by atoms with Crippen LogP contribution in [0, 0.1) is 5.82 Å². The van der Waals surface area contributed by atoms with Gasteiger partial charge in [-0.3, -0.25) is 4.31 Å². The van der Waals surface area contributed by atoms with Gasteiger partial charge in [0, 0.05) is 34.5 Å². The lowest BCUT2D eigenvalue weighted by atomic mass is 10.0. The van der Waals surface area contributed by atoms with Crippen LogP contribution >= 0.6 is 11.3 Å². The molecular formula is C22H17FN2O6S2. The fraction of sp³-hybridized carbons (Fsp3) is 0.0909. The summed E-state index contributed by atoms with van der Waals surface area (Å²) < 4.78 is 49.6. The van der Waals surface area contributed by atoms with Crippen molar-refractivity contribution < 1.29 is 31.6 Å². The quantitative estimate of drug-likeness (QED) is 0.324. The monoisotopic (exact) mass is 488 g/mol. The van der Waals surface area contributed by atoms with Gasteiger partial charge in [-0.25, -0.2) is 22.4 Å². The van der Waals surface area contributed by atoms with E-state index in [9.17, 15) is 22.4 Å². The minimum Gasteiger partial charge on any atom is -0.455 e. The van der Waals surface area contributed by atoms with E-state index in [0.29, 0.717) is 16.8 Å². The normalized spacial score (nSPS) is 11.5. The summed E-state index contributed by atoms with van der Waals surface area (Å²) in [4.78, 5) is 24.8. The molecule has 0 spiro atoms. The average Bonchev–Trinajstić information content (AvgIpc) is 3.39. The van der Waals surface area contributed by atoms with Crippen molar-refractivity contribution in [1.82, 2.24) is 0 Å². The Hall–Kier alpha value is -3.70. The Bertz CT molecular complexity index is 1480. The summed E-state index contributed by atoms with van der Waals surface area (Å²) in [5.74, 6) is -1.53. The number of carbonyl (C=O) groups is 2. The van der Waals surface area contributed by atoms with E-state index >= 15 is 0 Å². The van der Waals surface area contributed by atoms with Crippen molar-refractivity contribution in [2.24, 2.45) is 5.73 Å². The van der Waals surface area contributed by atoms with Gasteiger partial charge in [-0.05, 0) is 41.8 Å². The van der Waals surface area contributed by atoms with Crippen molar-refractivity contribution >= 4 is 50.1 Å². The molecule has 0 saturated carbocycles. The summed E-state index contributed by atoms with van der Waals surface area (Å²) in [7, 11) is -2.23. The fourth-order valence-electron chi connectivity index (χ4n) is 3.35. The highest BCUT2D eigenvalue weighted by molar-refractivity contribution is 7.92. The average molecular weight is 489 g/mol. The van der Waals surface area contributed by atoms with Crippen LogP contribution in [-0.2, 0) is 14.8 Å². The molecule has 170 valence electrons. The minimum absolute atomic E-state index is 0.0209. The Morgan fingerprint density at radius 2 is 1.85 bits per heavy atom. The van der Waals surface area contributed by atoms with E-state index in [0.717, 1.165) is 15.4 Å². The molecule has 0 radical (unpaired) electrons.